The van der Waals surface area contributed by atoms with E-state index in [0.29, 0.717) is 11.3 Å². The van der Waals surface area contributed by atoms with Crippen molar-refractivity contribution in [2.24, 2.45) is 5.92 Å². The van der Waals surface area contributed by atoms with Crippen molar-refractivity contribution in [1.82, 2.24) is 9.97 Å². The summed E-state index contributed by atoms with van der Waals surface area (Å²) in [6.07, 6.45) is 3.15. The number of hydrogen-bond acceptors (Lipinski definition) is 5. The van der Waals surface area contributed by atoms with Gasteiger partial charge >= 0.3 is 10.2 Å². The number of carbonyl (C=O) groups is 1. The summed E-state index contributed by atoms with van der Waals surface area (Å²) >= 11 is 0. The molecule has 110 valence electrons. The van der Waals surface area contributed by atoms with Gasteiger partial charge in [0, 0.05) is 36.7 Å². The van der Waals surface area contributed by atoms with E-state index >= 15 is 0 Å². The van der Waals surface area contributed by atoms with Crippen LogP contribution in [0, 0.1) is 5.92 Å². The van der Waals surface area contributed by atoms with Crippen LogP contribution < -0.4 is 4.90 Å². The fraction of sp³-hybridized carbons (Fsp3) is 0.308. The van der Waals surface area contributed by atoms with Gasteiger partial charge in [0.25, 0.3) is 0 Å². The maximum atomic E-state index is 12.8. The third kappa shape index (κ3) is 2.85. The molecule has 2 aromatic rings. The van der Waals surface area contributed by atoms with Gasteiger partial charge in [0.05, 0.1) is 5.75 Å². The van der Waals surface area contributed by atoms with E-state index < -0.39 is 21.9 Å². The van der Waals surface area contributed by atoms with Crippen LogP contribution in [0.15, 0.2) is 30.6 Å². The van der Waals surface area contributed by atoms with Gasteiger partial charge in [0.1, 0.15) is 5.52 Å². The highest BCUT2D eigenvalue weighted by molar-refractivity contribution is 7.86. The number of amides is 1. The minimum Gasteiger partial charge on any atom is -0.295 e. The van der Waals surface area contributed by atoms with Crippen LogP contribution >= 0.6 is 0 Å². The zero-order valence-corrected chi connectivity index (χ0v) is 11.8. The third-order valence-corrected chi connectivity index (χ3v) is 4.27. The van der Waals surface area contributed by atoms with Crippen LogP contribution in [0.4, 0.5) is 9.70 Å². The Bertz CT molecular complexity index is 804. The number of halogens is 1. The molecule has 0 N–H and O–H groups in total. The zero-order valence-electron chi connectivity index (χ0n) is 10.9. The molecule has 1 fully saturated rings. The molecule has 0 saturated carbocycles. The van der Waals surface area contributed by atoms with E-state index in [1.165, 1.54) is 4.90 Å². The summed E-state index contributed by atoms with van der Waals surface area (Å²) in [6, 6.07) is 5.39. The van der Waals surface area contributed by atoms with Crippen molar-refractivity contribution in [2.75, 3.05) is 17.2 Å². The van der Waals surface area contributed by atoms with Gasteiger partial charge in [0.15, 0.2) is 5.82 Å². The number of carbonyl (C=O) groups excluding carboxylic acids is 1. The lowest BCUT2D eigenvalue weighted by molar-refractivity contribution is -0.117. The first-order valence-corrected chi connectivity index (χ1v) is 7.92. The molecular weight excluding hydrogens is 297 g/mol. The molecule has 6 nitrogen and oxygen atoms in total. The van der Waals surface area contributed by atoms with Crippen LogP contribution in [0.1, 0.15) is 6.42 Å². The summed E-state index contributed by atoms with van der Waals surface area (Å²) in [6.45, 7) is 0.130. The van der Waals surface area contributed by atoms with Gasteiger partial charge in [-0.05, 0) is 12.1 Å². The van der Waals surface area contributed by atoms with Crippen molar-refractivity contribution in [3.05, 3.63) is 30.6 Å². The Morgan fingerprint density at radius 1 is 1.29 bits per heavy atom. The van der Waals surface area contributed by atoms with Crippen molar-refractivity contribution < 1.29 is 17.1 Å². The molecule has 1 amide bonds. The fourth-order valence-corrected chi connectivity index (χ4v) is 3.35. The van der Waals surface area contributed by atoms with Crippen LogP contribution in [-0.4, -0.2) is 36.6 Å². The molecule has 1 saturated heterocycles. The minimum atomic E-state index is -4.59. The lowest BCUT2D eigenvalue weighted by atomic mass is 10.1. The number of aromatic nitrogens is 2. The molecule has 0 aliphatic carbocycles. The first-order chi connectivity index (χ1) is 9.94. The predicted molar refractivity (Wildman–Crippen MR) is 74.9 cm³/mol. The second kappa shape index (κ2) is 5.03. The molecule has 3 heterocycles. The monoisotopic (exact) mass is 309 g/mol. The van der Waals surface area contributed by atoms with Gasteiger partial charge in [-0.3, -0.25) is 14.7 Å². The van der Waals surface area contributed by atoms with Crippen LogP contribution in [0.2, 0.25) is 0 Å². The van der Waals surface area contributed by atoms with E-state index in [0.717, 1.165) is 5.39 Å². The molecular formula is C13H12FN3O3S. The van der Waals surface area contributed by atoms with E-state index in [4.69, 9.17) is 0 Å². The third-order valence-electron chi connectivity index (χ3n) is 3.40. The summed E-state index contributed by atoms with van der Waals surface area (Å²) in [5.74, 6) is -1.09. The largest absolute Gasteiger partial charge is 0.302 e. The second-order valence-electron chi connectivity index (χ2n) is 4.99. The van der Waals surface area contributed by atoms with Crippen molar-refractivity contribution in [3.8, 4) is 0 Å². The predicted octanol–water partition coefficient (Wildman–Crippen LogP) is 1.28. The Kier molecular flexibility index (Phi) is 3.32. The summed E-state index contributed by atoms with van der Waals surface area (Å²) < 4.78 is 34.2. The Labute approximate surface area is 120 Å². The molecule has 1 aliphatic rings. The van der Waals surface area contributed by atoms with Gasteiger partial charge in [-0.2, -0.15) is 8.42 Å². The number of pyridine rings is 2. The average Bonchev–Trinajstić information content (AvgIpc) is 2.76. The fourth-order valence-electron chi connectivity index (χ4n) is 2.57. The molecule has 3 rings (SSSR count). The molecule has 1 atom stereocenters. The molecule has 1 aliphatic heterocycles. The minimum absolute atomic E-state index is 0.00590. The summed E-state index contributed by atoms with van der Waals surface area (Å²) in [5.41, 5.74) is 0.567. The van der Waals surface area contributed by atoms with Gasteiger partial charge in [-0.25, -0.2) is 4.98 Å². The summed E-state index contributed by atoms with van der Waals surface area (Å²) in [5, 5.41) is 0.830. The van der Waals surface area contributed by atoms with E-state index in [9.17, 15) is 17.1 Å². The zero-order chi connectivity index (χ0) is 15.0. The van der Waals surface area contributed by atoms with Crippen molar-refractivity contribution in [3.63, 3.8) is 0 Å². The van der Waals surface area contributed by atoms with E-state index in [2.05, 4.69) is 9.97 Å². The number of rotatable bonds is 3. The molecule has 0 bridgehead atoms. The number of nitrogens with zero attached hydrogens (tertiary/aromatic N) is 3. The lowest BCUT2D eigenvalue weighted by Crippen LogP contribution is -2.26. The molecule has 0 spiro atoms. The van der Waals surface area contributed by atoms with Crippen LogP contribution in [0.25, 0.3) is 10.9 Å². The van der Waals surface area contributed by atoms with Crippen molar-refractivity contribution in [2.45, 2.75) is 6.42 Å². The van der Waals surface area contributed by atoms with Crippen LogP contribution in [-0.2, 0) is 15.0 Å². The molecule has 1 unspecified atom stereocenters. The van der Waals surface area contributed by atoms with Crippen molar-refractivity contribution in [1.29, 1.82) is 0 Å². The molecule has 2 aromatic heterocycles. The maximum Gasteiger partial charge on any atom is 0.302 e. The highest BCUT2D eigenvalue weighted by atomic mass is 32.3. The van der Waals surface area contributed by atoms with E-state index in [1.54, 1.807) is 24.5 Å². The SMILES string of the molecule is O=C1CC(CS(=O)(=O)F)CN1c1nccc2cccnc12. The Morgan fingerprint density at radius 2 is 2.10 bits per heavy atom. The van der Waals surface area contributed by atoms with Gasteiger partial charge in [-0.1, -0.05) is 6.07 Å². The summed E-state index contributed by atoms with van der Waals surface area (Å²) in [7, 11) is -4.59. The average molecular weight is 309 g/mol. The van der Waals surface area contributed by atoms with Crippen LogP contribution in [0.5, 0.6) is 0 Å². The number of anilines is 1. The van der Waals surface area contributed by atoms with Gasteiger partial charge in [0.2, 0.25) is 5.91 Å². The Hall–Kier alpha value is -2.09. The Morgan fingerprint density at radius 3 is 2.86 bits per heavy atom. The second-order valence-corrected chi connectivity index (χ2v) is 6.40. The van der Waals surface area contributed by atoms with Crippen LogP contribution in [0.3, 0.4) is 0 Å². The molecule has 0 aromatic carbocycles. The highest BCUT2D eigenvalue weighted by Crippen LogP contribution is 2.29. The molecule has 8 heteroatoms. The number of fused-ring (bicyclic) bond motifs is 1. The quantitative estimate of drug-likeness (QED) is 0.798. The molecule has 0 radical (unpaired) electrons. The first-order valence-electron chi connectivity index (χ1n) is 6.36. The normalized spacial score (nSPS) is 19.4. The Balaban J connectivity index is 1.95. The standard InChI is InChI=1S/C13H12FN3O3S/c14-21(19,20)8-9-6-11(18)17(7-9)13-12-10(3-5-16-13)2-1-4-15-12/h1-5,9H,6-8H2. The first kappa shape index (κ1) is 13.9. The highest BCUT2D eigenvalue weighted by Gasteiger charge is 2.35. The molecule has 21 heavy (non-hydrogen) atoms. The maximum absolute atomic E-state index is 12.8. The van der Waals surface area contributed by atoms with Crippen molar-refractivity contribution >= 4 is 32.9 Å². The van der Waals surface area contributed by atoms with E-state index in [1.807, 2.05) is 6.07 Å². The lowest BCUT2D eigenvalue weighted by Gasteiger charge is -2.16. The van der Waals surface area contributed by atoms with E-state index in [-0.39, 0.29) is 18.9 Å². The van der Waals surface area contributed by atoms with Gasteiger partial charge in [-0.15, -0.1) is 3.89 Å². The topological polar surface area (TPSA) is 80.2 Å². The smallest absolute Gasteiger partial charge is 0.295 e. The number of hydrogen-bond donors (Lipinski definition) is 0. The van der Waals surface area contributed by atoms with Gasteiger partial charge < -0.3 is 0 Å². The summed E-state index contributed by atoms with van der Waals surface area (Å²) in [4.78, 5) is 21.8.